The molecule has 1 aliphatic rings. The number of methoxy groups -OCH3 is 1. The smallest absolute Gasteiger partial charge is 0.224 e. The van der Waals surface area contributed by atoms with Crippen LogP contribution in [0.5, 0.6) is 5.75 Å². The van der Waals surface area contributed by atoms with Gasteiger partial charge in [0.05, 0.1) is 45.0 Å². The van der Waals surface area contributed by atoms with Gasteiger partial charge in [-0.1, -0.05) is 16.8 Å². The van der Waals surface area contributed by atoms with Gasteiger partial charge in [0.1, 0.15) is 5.75 Å². The molecule has 0 bridgehead atoms. The number of rotatable bonds is 5. The molecule has 1 fully saturated rings. The molecule has 8 heteroatoms. The van der Waals surface area contributed by atoms with Crippen LogP contribution >= 0.6 is 11.6 Å². The van der Waals surface area contributed by atoms with Crippen LogP contribution in [0, 0.1) is 0 Å². The van der Waals surface area contributed by atoms with Gasteiger partial charge in [-0.3, -0.25) is 4.79 Å². The van der Waals surface area contributed by atoms with Gasteiger partial charge in [0.25, 0.3) is 0 Å². The Labute approximate surface area is 138 Å². The SMILES string of the molecule is COc1ccc(Cl)cc1CC(=O)N[C@H]1COC[C@H]1n1ccnn1. The Balaban J connectivity index is 1.66. The average molecular weight is 337 g/mol. The summed E-state index contributed by atoms with van der Waals surface area (Å²) in [6.07, 6.45) is 3.55. The van der Waals surface area contributed by atoms with E-state index < -0.39 is 0 Å². The van der Waals surface area contributed by atoms with Crippen molar-refractivity contribution in [3.8, 4) is 5.75 Å². The monoisotopic (exact) mass is 336 g/mol. The van der Waals surface area contributed by atoms with Crippen molar-refractivity contribution in [3.63, 3.8) is 0 Å². The molecular weight excluding hydrogens is 320 g/mol. The van der Waals surface area contributed by atoms with Crippen molar-refractivity contribution in [2.75, 3.05) is 20.3 Å². The Hall–Kier alpha value is -2.12. The fraction of sp³-hybridized carbons (Fsp3) is 0.400. The minimum absolute atomic E-state index is 0.0530. The molecule has 0 aliphatic carbocycles. The molecule has 2 heterocycles. The molecular formula is C15H17ClN4O3. The molecule has 2 aromatic rings. The minimum atomic E-state index is -0.144. The topological polar surface area (TPSA) is 78.3 Å². The first-order chi connectivity index (χ1) is 11.2. The lowest BCUT2D eigenvalue weighted by Crippen LogP contribution is -2.41. The molecule has 0 saturated carbocycles. The second kappa shape index (κ2) is 6.97. The van der Waals surface area contributed by atoms with Gasteiger partial charge in [-0.2, -0.15) is 0 Å². The first-order valence-corrected chi connectivity index (χ1v) is 7.60. The van der Waals surface area contributed by atoms with Crippen LogP contribution in [-0.4, -0.2) is 47.3 Å². The Bertz CT molecular complexity index is 677. The lowest BCUT2D eigenvalue weighted by Gasteiger charge is -2.19. The fourth-order valence-corrected chi connectivity index (χ4v) is 2.85. The number of carbonyl (C=O) groups is 1. The van der Waals surface area contributed by atoms with Crippen molar-refractivity contribution in [1.29, 1.82) is 0 Å². The summed E-state index contributed by atoms with van der Waals surface area (Å²) in [6.45, 7) is 0.942. The summed E-state index contributed by atoms with van der Waals surface area (Å²) in [5.74, 6) is 0.520. The zero-order valence-electron chi connectivity index (χ0n) is 12.6. The van der Waals surface area contributed by atoms with E-state index in [1.54, 1.807) is 42.4 Å². The van der Waals surface area contributed by atoms with E-state index in [2.05, 4.69) is 15.6 Å². The number of amides is 1. The molecule has 1 saturated heterocycles. The number of hydrogen-bond donors (Lipinski definition) is 1. The minimum Gasteiger partial charge on any atom is -0.496 e. The highest BCUT2D eigenvalue weighted by atomic mass is 35.5. The largest absolute Gasteiger partial charge is 0.496 e. The molecule has 1 aliphatic heterocycles. The van der Waals surface area contributed by atoms with Gasteiger partial charge < -0.3 is 14.8 Å². The van der Waals surface area contributed by atoms with Crippen LogP contribution in [0.15, 0.2) is 30.6 Å². The molecule has 23 heavy (non-hydrogen) atoms. The highest BCUT2D eigenvalue weighted by Gasteiger charge is 2.31. The molecule has 7 nitrogen and oxygen atoms in total. The highest BCUT2D eigenvalue weighted by molar-refractivity contribution is 6.30. The third kappa shape index (κ3) is 3.62. The van der Waals surface area contributed by atoms with E-state index in [0.717, 1.165) is 5.56 Å². The van der Waals surface area contributed by atoms with Crippen molar-refractivity contribution < 1.29 is 14.3 Å². The molecule has 1 aromatic carbocycles. The summed E-state index contributed by atoms with van der Waals surface area (Å²) >= 11 is 5.99. The zero-order chi connectivity index (χ0) is 16.2. The van der Waals surface area contributed by atoms with Gasteiger partial charge in [0.15, 0.2) is 0 Å². The molecule has 0 radical (unpaired) electrons. The maximum Gasteiger partial charge on any atom is 0.224 e. The average Bonchev–Trinajstić information content (AvgIpc) is 3.18. The lowest BCUT2D eigenvalue weighted by atomic mass is 10.1. The van der Waals surface area contributed by atoms with Crippen molar-refractivity contribution in [2.45, 2.75) is 18.5 Å². The van der Waals surface area contributed by atoms with Crippen molar-refractivity contribution in [2.24, 2.45) is 0 Å². The number of hydrogen-bond acceptors (Lipinski definition) is 5. The van der Waals surface area contributed by atoms with Crippen molar-refractivity contribution in [3.05, 3.63) is 41.2 Å². The van der Waals surface area contributed by atoms with Crippen molar-refractivity contribution >= 4 is 17.5 Å². The van der Waals surface area contributed by atoms with E-state index in [0.29, 0.717) is 24.0 Å². The number of nitrogens with one attached hydrogen (secondary N) is 1. The number of ether oxygens (including phenoxy) is 2. The Morgan fingerprint density at radius 1 is 1.52 bits per heavy atom. The first-order valence-electron chi connectivity index (χ1n) is 7.22. The molecule has 1 N–H and O–H groups in total. The summed E-state index contributed by atoms with van der Waals surface area (Å²) in [6, 6.07) is 5.02. The third-order valence-electron chi connectivity index (χ3n) is 3.77. The molecule has 0 spiro atoms. The third-order valence-corrected chi connectivity index (χ3v) is 4.01. The predicted octanol–water partition coefficient (Wildman–Crippen LogP) is 1.24. The van der Waals surface area contributed by atoms with Crippen LogP contribution in [0.4, 0.5) is 0 Å². The number of benzene rings is 1. The molecule has 122 valence electrons. The van der Waals surface area contributed by atoms with Crippen LogP contribution in [0.3, 0.4) is 0 Å². The Kier molecular flexibility index (Phi) is 4.78. The van der Waals surface area contributed by atoms with Gasteiger partial charge in [0, 0.05) is 16.8 Å². The number of halogens is 1. The van der Waals surface area contributed by atoms with Crippen LogP contribution in [0.1, 0.15) is 11.6 Å². The summed E-state index contributed by atoms with van der Waals surface area (Å²) < 4.78 is 12.4. The quantitative estimate of drug-likeness (QED) is 0.888. The van der Waals surface area contributed by atoms with Crippen LogP contribution in [-0.2, 0) is 16.0 Å². The van der Waals surface area contributed by atoms with Crippen LogP contribution in [0.25, 0.3) is 0 Å². The molecule has 3 rings (SSSR count). The van der Waals surface area contributed by atoms with E-state index >= 15 is 0 Å². The normalized spacial score (nSPS) is 20.4. The number of aromatic nitrogens is 3. The van der Waals surface area contributed by atoms with Crippen LogP contribution < -0.4 is 10.1 Å². The standard InChI is InChI=1S/C15H17ClN4O3/c1-22-14-3-2-11(16)6-10(14)7-15(21)18-12-8-23-9-13(12)20-5-4-17-19-20/h2-6,12-13H,7-9H2,1H3,(H,18,21)/t12-,13+/m0/s1. The van der Waals surface area contributed by atoms with Gasteiger partial charge in [-0.05, 0) is 18.2 Å². The Morgan fingerprint density at radius 2 is 2.39 bits per heavy atom. The summed E-state index contributed by atoms with van der Waals surface area (Å²) in [7, 11) is 1.57. The maximum absolute atomic E-state index is 12.4. The molecule has 1 aromatic heterocycles. The van der Waals surface area contributed by atoms with Crippen LogP contribution in [0.2, 0.25) is 5.02 Å². The van der Waals surface area contributed by atoms with Gasteiger partial charge in [-0.15, -0.1) is 5.10 Å². The first kappa shape index (κ1) is 15.8. The number of nitrogens with zero attached hydrogens (tertiary/aromatic N) is 3. The Morgan fingerprint density at radius 3 is 3.13 bits per heavy atom. The van der Waals surface area contributed by atoms with Gasteiger partial charge >= 0.3 is 0 Å². The molecule has 0 unspecified atom stereocenters. The van der Waals surface area contributed by atoms with Gasteiger partial charge in [0.2, 0.25) is 5.91 Å². The summed E-state index contributed by atoms with van der Waals surface area (Å²) in [5, 5.41) is 11.3. The predicted molar refractivity (Wildman–Crippen MR) is 83.5 cm³/mol. The van der Waals surface area contributed by atoms with E-state index in [1.807, 2.05) is 0 Å². The van der Waals surface area contributed by atoms with Gasteiger partial charge in [-0.25, -0.2) is 4.68 Å². The lowest BCUT2D eigenvalue weighted by molar-refractivity contribution is -0.121. The maximum atomic E-state index is 12.4. The highest BCUT2D eigenvalue weighted by Crippen LogP contribution is 2.24. The zero-order valence-corrected chi connectivity index (χ0v) is 13.4. The molecule has 2 atom stereocenters. The summed E-state index contributed by atoms with van der Waals surface area (Å²) in [4.78, 5) is 12.4. The number of carbonyl (C=O) groups excluding carboxylic acids is 1. The summed E-state index contributed by atoms with van der Waals surface area (Å²) in [5.41, 5.74) is 0.744. The van der Waals surface area contributed by atoms with E-state index in [4.69, 9.17) is 21.1 Å². The molecule has 1 amide bonds. The van der Waals surface area contributed by atoms with E-state index in [-0.39, 0.29) is 24.4 Å². The fourth-order valence-electron chi connectivity index (χ4n) is 2.65. The van der Waals surface area contributed by atoms with E-state index in [9.17, 15) is 4.79 Å². The second-order valence-electron chi connectivity index (χ2n) is 5.29. The second-order valence-corrected chi connectivity index (χ2v) is 5.73. The van der Waals surface area contributed by atoms with Crippen molar-refractivity contribution in [1.82, 2.24) is 20.3 Å². The van der Waals surface area contributed by atoms with E-state index in [1.165, 1.54) is 0 Å².